The molecule has 0 aliphatic carbocycles. The van der Waals surface area contributed by atoms with Crippen LogP contribution in [0.5, 0.6) is 0 Å². The molecule has 1 atom stereocenters. The number of benzene rings is 3. The van der Waals surface area contributed by atoms with Crippen LogP contribution < -0.4 is 10.2 Å². The van der Waals surface area contributed by atoms with Gasteiger partial charge in [-0.2, -0.15) is 0 Å². The highest BCUT2D eigenvalue weighted by Crippen LogP contribution is 2.29. The molecule has 1 fully saturated rings. The molecule has 2 heterocycles. The number of nitrogens with one attached hydrogen (secondary N) is 1. The van der Waals surface area contributed by atoms with Gasteiger partial charge in [-0.1, -0.05) is 54.6 Å². The zero-order valence-corrected chi connectivity index (χ0v) is 21.6. The average Bonchev–Trinajstić information content (AvgIpc) is 3.59. The molecular weight excluding hydrogens is 522 g/mol. The molecule has 1 aliphatic rings. The van der Waals surface area contributed by atoms with Gasteiger partial charge in [0, 0.05) is 34.3 Å². The number of hydrogen-bond donors (Lipinski definition) is 1. The first-order valence-electron chi connectivity index (χ1n) is 11.7. The number of nitrogens with zero attached hydrogens (tertiary/aromatic N) is 2. The summed E-state index contributed by atoms with van der Waals surface area (Å²) in [5, 5.41) is 6.35. The number of aromatic nitrogens is 1. The summed E-state index contributed by atoms with van der Waals surface area (Å²) in [4.78, 5) is 20.1. The summed E-state index contributed by atoms with van der Waals surface area (Å²) in [6.07, 6.45) is 2.51. The minimum Gasteiger partial charge on any atom is -0.376 e. The van der Waals surface area contributed by atoms with Gasteiger partial charge in [0.2, 0.25) is 0 Å². The van der Waals surface area contributed by atoms with Crippen LogP contribution in [0.3, 0.4) is 0 Å². The van der Waals surface area contributed by atoms with Crippen molar-refractivity contribution < 1.29 is 9.53 Å². The Kier molecular flexibility index (Phi) is 7.57. The molecule has 0 saturated carbocycles. The molecule has 1 aliphatic heterocycles. The maximum atomic E-state index is 13.6. The Morgan fingerprint density at radius 2 is 1.83 bits per heavy atom. The highest BCUT2D eigenvalue weighted by atomic mass is 79.9. The van der Waals surface area contributed by atoms with E-state index in [1.165, 1.54) is 0 Å². The molecule has 0 spiro atoms. The number of hydrogen-bond acceptors (Lipinski definition) is 5. The van der Waals surface area contributed by atoms with E-state index < -0.39 is 0 Å². The third-order valence-corrected chi connectivity index (χ3v) is 7.51. The first kappa shape index (κ1) is 23.7. The van der Waals surface area contributed by atoms with E-state index >= 15 is 0 Å². The standard InChI is InChI=1S/C28H26BrN3O2S/c29-25-11-5-4-10-24(25)27(33)32(18-20-7-2-1-3-8-20)22-14-12-21(13-15-22)26-19-35-28(31-26)30-17-23-9-6-16-34-23/h1-5,7-8,10-15,19,23H,6,9,16-18H2,(H,30,31). The molecule has 0 bridgehead atoms. The number of carbonyl (C=O) groups is 1. The van der Waals surface area contributed by atoms with Gasteiger partial charge in [0.1, 0.15) is 0 Å². The van der Waals surface area contributed by atoms with Crippen molar-refractivity contribution >= 4 is 44.0 Å². The van der Waals surface area contributed by atoms with Gasteiger partial charge in [0.05, 0.1) is 23.9 Å². The molecule has 1 amide bonds. The van der Waals surface area contributed by atoms with Crippen molar-refractivity contribution in [2.45, 2.75) is 25.5 Å². The van der Waals surface area contributed by atoms with Crippen LogP contribution in [0.15, 0.2) is 88.7 Å². The highest BCUT2D eigenvalue weighted by Gasteiger charge is 2.21. The minimum absolute atomic E-state index is 0.0524. The van der Waals surface area contributed by atoms with E-state index in [0.29, 0.717) is 12.1 Å². The maximum Gasteiger partial charge on any atom is 0.259 e. The van der Waals surface area contributed by atoms with Gasteiger partial charge in [0.15, 0.2) is 5.13 Å². The second-order valence-corrected chi connectivity index (χ2v) is 10.2. The van der Waals surface area contributed by atoms with Crippen molar-refractivity contribution in [2.24, 2.45) is 0 Å². The molecular formula is C28H26BrN3O2S. The van der Waals surface area contributed by atoms with E-state index in [2.05, 4.69) is 26.6 Å². The molecule has 0 radical (unpaired) electrons. The van der Waals surface area contributed by atoms with Crippen LogP contribution in [0.25, 0.3) is 11.3 Å². The number of thiazole rings is 1. The van der Waals surface area contributed by atoms with Crippen LogP contribution in [0.1, 0.15) is 28.8 Å². The monoisotopic (exact) mass is 547 g/mol. The molecule has 7 heteroatoms. The summed E-state index contributed by atoms with van der Waals surface area (Å²) >= 11 is 5.13. The van der Waals surface area contributed by atoms with Gasteiger partial charge < -0.3 is 15.0 Å². The van der Waals surface area contributed by atoms with E-state index in [1.807, 2.05) is 83.8 Å². The van der Waals surface area contributed by atoms with E-state index in [9.17, 15) is 4.79 Å². The zero-order chi connectivity index (χ0) is 24.0. The number of halogens is 1. The average molecular weight is 549 g/mol. The summed E-state index contributed by atoms with van der Waals surface area (Å²) in [7, 11) is 0. The van der Waals surface area contributed by atoms with Gasteiger partial charge in [-0.25, -0.2) is 4.98 Å². The molecule has 3 aromatic carbocycles. The second-order valence-electron chi connectivity index (χ2n) is 8.46. The fourth-order valence-electron chi connectivity index (χ4n) is 4.13. The van der Waals surface area contributed by atoms with Crippen LogP contribution in [0, 0.1) is 0 Å². The summed E-state index contributed by atoms with van der Waals surface area (Å²) < 4.78 is 6.46. The van der Waals surface area contributed by atoms with Crippen LogP contribution >= 0.6 is 27.3 Å². The molecule has 4 aromatic rings. The Balaban J connectivity index is 1.36. The lowest BCUT2D eigenvalue weighted by molar-refractivity contribution is 0.0984. The first-order chi connectivity index (χ1) is 17.2. The van der Waals surface area contributed by atoms with Crippen LogP contribution in [-0.2, 0) is 11.3 Å². The lowest BCUT2D eigenvalue weighted by Crippen LogP contribution is -2.30. The molecule has 1 N–H and O–H groups in total. The van der Waals surface area contributed by atoms with E-state index in [-0.39, 0.29) is 12.0 Å². The summed E-state index contributed by atoms with van der Waals surface area (Å²) in [5.74, 6) is -0.0524. The summed E-state index contributed by atoms with van der Waals surface area (Å²) in [6, 6.07) is 25.6. The van der Waals surface area contributed by atoms with Crippen LogP contribution in [0.2, 0.25) is 0 Å². The molecule has 5 nitrogen and oxygen atoms in total. The topological polar surface area (TPSA) is 54.5 Å². The van der Waals surface area contributed by atoms with Crippen molar-refractivity contribution in [2.75, 3.05) is 23.4 Å². The van der Waals surface area contributed by atoms with Crippen LogP contribution in [0.4, 0.5) is 10.8 Å². The maximum absolute atomic E-state index is 13.6. The van der Waals surface area contributed by atoms with Crippen LogP contribution in [-0.4, -0.2) is 30.1 Å². The van der Waals surface area contributed by atoms with Gasteiger partial charge in [-0.3, -0.25) is 4.79 Å². The third-order valence-electron chi connectivity index (χ3n) is 6.02. The number of amides is 1. The molecule has 178 valence electrons. The smallest absolute Gasteiger partial charge is 0.259 e. The van der Waals surface area contributed by atoms with Gasteiger partial charge >= 0.3 is 0 Å². The van der Waals surface area contributed by atoms with Gasteiger partial charge in [-0.05, 0) is 58.6 Å². The number of carbonyl (C=O) groups excluding carboxylic acids is 1. The molecule has 35 heavy (non-hydrogen) atoms. The SMILES string of the molecule is O=C(c1ccccc1Br)N(Cc1ccccc1)c1ccc(-c2csc(NCC3CCCO3)n2)cc1. The minimum atomic E-state index is -0.0524. The number of anilines is 2. The quantitative estimate of drug-likeness (QED) is 0.257. The Morgan fingerprint density at radius 1 is 1.06 bits per heavy atom. The zero-order valence-electron chi connectivity index (χ0n) is 19.2. The van der Waals surface area contributed by atoms with Gasteiger partial charge in [0.25, 0.3) is 5.91 Å². The Labute approximate surface area is 217 Å². The fourth-order valence-corrected chi connectivity index (χ4v) is 5.32. The van der Waals surface area contributed by atoms with Crippen molar-refractivity contribution in [3.05, 3.63) is 99.8 Å². The highest BCUT2D eigenvalue weighted by molar-refractivity contribution is 9.10. The van der Waals surface area contributed by atoms with Crippen molar-refractivity contribution in [1.29, 1.82) is 0 Å². The fraction of sp³-hybridized carbons (Fsp3) is 0.214. The Bertz CT molecular complexity index is 1270. The predicted octanol–water partition coefficient (Wildman–Crippen LogP) is 7.01. The molecule has 1 saturated heterocycles. The molecule has 5 rings (SSSR count). The summed E-state index contributed by atoms with van der Waals surface area (Å²) in [5.41, 5.74) is 4.48. The molecule has 1 aromatic heterocycles. The van der Waals surface area contributed by atoms with E-state index in [4.69, 9.17) is 9.72 Å². The van der Waals surface area contributed by atoms with Crippen molar-refractivity contribution in [3.8, 4) is 11.3 Å². The summed E-state index contributed by atoms with van der Waals surface area (Å²) in [6.45, 7) is 2.12. The predicted molar refractivity (Wildman–Crippen MR) is 146 cm³/mol. The van der Waals surface area contributed by atoms with Gasteiger partial charge in [-0.15, -0.1) is 11.3 Å². The van der Waals surface area contributed by atoms with Crippen molar-refractivity contribution in [1.82, 2.24) is 4.98 Å². The number of rotatable bonds is 8. The van der Waals surface area contributed by atoms with Crippen molar-refractivity contribution in [3.63, 3.8) is 0 Å². The number of ether oxygens (including phenoxy) is 1. The van der Waals surface area contributed by atoms with E-state index in [1.54, 1.807) is 11.3 Å². The lowest BCUT2D eigenvalue weighted by Gasteiger charge is -2.24. The molecule has 1 unspecified atom stereocenters. The first-order valence-corrected chi connectivity index (χ1v) is 13.4. The lowest BCUT2D eigenvalue weighted by atomic mass is 10.1. The second kappa shape index (κ2) is 11.2. The normalized spacial score (nSPS) is 15.2. The third kappa shape index (κ3) is 5.81. The largest absolute Gasteiger partial charge is 0.376 e. The Hall–Kier alpha value is -3.00. The van der Waals surface area contributed by atoms with E-state index in [0.717, 1.165) is 58.1 Å². The Morgan fingerprint density at radius 3 is 2.57 bits per heavy atom.